The number of hydrogen-bond donors (Lipinski definition) is 1. The minimum Gasteiger partial charge on any atom is -0.464 e. The van der Waals surface area contributed by atoms with Gasteiger partial charge in [-0.2, -0.15) is 0 Å². The average molecular weight is 288 g/mol. The van der Waals surface area contributed by atoms with Crippen molar-refractivity contribution in [1.82, 2.24) is 10.2 Å². The molecule has 2 heterocycles. The second kappa shape index (κ2) is 5.87. The second-order valence-corrected chi connectivity index (χ2v) is 5.55. The molecule has 1 N–H and O–H groups in total. The molecule has 0 saturated carbocycles. The fourth-order valence-corrected chi connectivity index (χ4v) is 2.89. The summed E-state index contributed by atoms with van der Waals surface area (Å²) in [7, 11) is 3.75. The summed E-state index contributed by atoms with van der Waals surface area (Å²) in [6.45, 7) is 1.78. The Hall–Kier alpha value is -1.85. The number of methoxy groups -OCH3 is 1. The van der Waals surface area contributed by atoms with Gasteiger partial charge >= 0.3 is 0 Å². The van der Waals surface area contributed by atoms with Gasteiger partial charge in [0.25, 0.3) is 5.91 Å². The Morgan fingerprint density at radius 3 is 3.10 bits per heavy atom. The molecule has 1 amide bonds. The highest BCUT2D eigenvalue weighted by atomic mass is 16.5. The molecule has 2 unspecified atom stereocenters. The lowest BCUT2D eigenvalue weighted by Crippen LogP contribution is -2.53. The molecular weight excluding hydrogens is 268 g/mol. The number of furan rings is 1. The number of hydrogen-bond acceptors (Lipinski definition) is 4. The Kier molecular flexibility index (Phi) is 3.94. The van der Waals surface area contributed by atoms with Crippen LogP contribution in [0.25, 0.3) is 11.0 Å². The van der Waals surface area contributed by atoms with Crippen molar-refractivity contribution >= 4 is 16.9 Å². The van der Waals surface area contributed by atoms with Crippen LogP contribution in [0.3, 0.4) is 0 Å². The molecule has 2 atom stereocenters. The molecule has 1 aromatic carbocycles. The van der Waals surface area contributed by atoms with Crippen molar-refractivity contribution in [1.29, 1.82) is 0 Å². The lowest BCUT2D eigenvalue weighted by molar-refractivity contribution is 0.0142. The summed E-state index contributed by atoms with van der Waals surface area (Å²) in [6.07, 6.45) is 2.51. The molecule has 112 valence electrons. The van der Waals surface area contributed by atoms with Gasteiger partial charge in [0.15, 0.2) is 0 Å². The maximum atomic E-state index is 12.5. The van der Waals surface area contributed by atoms with Crippen molar-refractivity contribution in [2.45, 2.75) is 18.6 Å². The third-order valence-corrected chi connectivity index (χ3v) is 4.11. The van der Waals surface area contributed by atoms with E-state index in [0.29, 0.717) is 11.1 Å². The zero-order chi connectivity index (χ0) is 14.8. The number of nitrogens with zero attached hydrogens (tertiary/aromatic N) is 1. The number of piperidine rings is 1. The molecule has 0 aliphatic carbocycles. The SMILES string of the molecule is COC1CN(C)CCC1NC(=O)c1cccc2ccoc12. The minimum atomic E-state index is -0.104. The molecule has 1 fully saturated rings. The number of rotatable bonds is 3. The van der Waals surface area contributed by atoms with Crippen LogP contribution in [0.15, 0.2) is 34.9 Å². The number of likely N-dealkylation sites (N-methyl/N-ethyl adjacent to an activating group) is 1. The van der Waals surface area contributed by atoms with Crippen LogP contribution < -0.4 is 5.32 Å². The fourth-order valence-electron chi connectivity index (χ4n) is 2.89. The van der Waals surface area contributed by atoms with Gasteiger partial charge in [0.2, 0.25) is 0 Å². The van der Waals surface area contributed by atoms with Crippen molar-refractivity contribution in [3.8, 4) is 0 Å². The van der Waals surface area contributed by atoms with Gasteiger partial charge in [0.05, 0.1) is 24.0 Å². The van der Waals surface area contributed by atoms with E-state index in [-0.39, 0.29) is 18.1 Å². The zero-order valence-electron chi connectivity index (χ0n) is 12.3. The molecule has 21 heavy (non-hydrogen) atoms. The third-order valence-electron chi connectivity index (χ3n) is 4.11. The molecule has 1 aromatic heterocycles. The number of carbonyl (C=O) groups is 1. The highest BCUT2D eigenvalue weighted by Gasteiger charge is 2.29. The van der Waals surface area contributed by atoms with Gasteiger partial charge in [-0.25, -0.2) is 0 Å². The molecule has 1 saturated heterocycles. The molecule has 0 bridgehead atoms. The van der Waals surface area contributed by atoms with E-state index >= 15 is 0 Å². The summed E-state index contributed by atoms with van der Waals surface area (Å²) >= 11 is 0. The molecular formula is C16H20N2O3. The van der Waals surface area contributed by atoms with E-state index in [1.54, 1.807) is 19.4 Å². The highest BCUT2D eigenvalue weighted by molar-refractivity contribution is 6.04. The highest BCUT2D eigenvalue weighted by Crippen LogP contribution is 2.20. The van der Waals surface area contributed by atoms with E-state index in [0.717, 1.165) is 24.9 Å². The molecule has 0 spiro atoms. The normalized spacial score (nSPS) is 23.3. The van der Waals surface area contributed by atoms with Gasteiger partial charge in [-0.3, -0.25) is 4.79 Å². The van der Waals surface area contributed by atoms with E-state index in [1.807, 2.05) is 18.2 Å². The summed E-state index contributed by atoms with van der Waals surface area (Å²) in [4.78, 5) is 14.7. The van der Waals surface area contributed by atoms with Crippen LogP contribution >= 0.6 is 0 Å². The van der Waals surface area contributed by atoms with E-state index < -0.39 is 0 Å². The number of fused-ring (bicyclic) bond motifs is 1. The van der Waals surface area contributed by atoms with Crippen molar-refractivity contribution in [2.75, 3.05) is 27.2 Å². The predicted octanol–water partition coefficient (Wildman–Crippen LogP) is 1.88. The average Bonchev–Trinajstić information content (AvgIpc) is 2.97. The van der Waals surface area contributed by atoms with Gasteiger partial charge in [-0.05, 0) is 32.1 Å². The summed E-state index contributed by atoms with van der Waals surface area (Å²) in [5, 5.41) is 4.03. The Bertz CT molecular complexity index is 637. The number of benzene rings is 1. The Morgan fingerprint density at radius 2 is 2.29 bits per heavy atom. The van der Waals surface area contributed by atoms with Crippen LogP contribution in [-0.4, -0.2) is 50.2 Å². The summed E-state index contributed by atoms with van der Waals surface area (Å²) in [5.74, 6) is -0.104. The number of carbonyl (C=O) groups excluding carboxylic acids is 1. The number of amides is 1. The number of likely N-dealkylation sites (tertiary alicyclic amines) is 1. The van der Waals surface area contributed by atoms with Crippen molar-refractivity contribution in [3.05, 3.63) is 36.1 Å². The molecule has 5 nitrogen and oxygen atoms in total. The first-order valence-electron chi connectivity index (χ1n) is 7.17. The van der Waals surface area contributed by atoms with Crippen molar-refractivity contribution < 1.29 is 13.9 Å². The van der Waals surface area contributed by atoms with E-state index in [4.69, 9.17) is 9.15 Å². The van der Waals surface area contributed by atoms with Crippen LogP contribution in [0.5, 0.6) is 0 Å². The van der Waals surface area contributed by atoms with Crippen LogP contribution in [0, 0.1) is 0 Å². The maximum absolute atomic E-state index is 12.5. The molecule has 3 rings (SSSR count). The lowest BCUT2D eigenvalue weighted by atomic mass is 10.0. The minimum absolute atomic E-state index is 0.0171. The smallest absolute Gasteiger partial charge is 0.255 e. The largest absolute Gasteiger partial charge is 0.464 e. The van der Waals surface area contributed by atoms with Crippen LogP contribution in [0.2, 0.25) is 0 Å². The quantitative estimate of drug-likeness (QED) is 0.937. The standard InChI is InChI=1S/C16H20N2O3/c1-18-8-6-13(14(10-18)20-2)17-16(19)12-5-3-4-11-7-9-21-15(11)12/h3-5,7,9,13-14H,6,8,10H2,1-2H3,(H,17,19). The van der Waals surface area contributed by atoms with Crippen molar-refractivity contribution in [3.63, 3.8) is 0 Å². The molecule has 0 radical (unpaired) electrons. The second-order valence-electron chi connectivity index (χ2n) is 5.55. The predicted molar refractivity (Wildman–Crippen MR) is 80.4 cm³/mol. The zero-order valence-corrected chi connectivity index (χ0v) is 12.3. The summed E-state index contributed by atoms with van der Waals surface area (Å²) < 4.78 is 10.9. The molecule has 5 heteroatoms. The number of ether oxygens (including phenoxy) is 1. The lowest BCUT2D eigenvalue weighted by Gasteiger charge is -2.36. The molecule has 2 aromatic rings. The van der Waals surface area contributed by atoms with Gasteiger partial charge < -0.3 is 19.4 Å². The molecule has 1 aliphatic rings. The van der Waals surface area contributed by atoms with E-state index in [1.165, 1.54) is 0 Å². The maximum Gasteiger partial charge on any atom is 0.255 e. The number of nitrogens with one attached hydrogen (secondary N) is 1. The number of para-hydroxylation sites is 1. The first kappa shape index (κ1) is 14.1. The van der Waals surface area contributed by atoms with Gasteiger partial charge in [0.1, 0.15) is 5.58 Å². The van der Waals surface area contributed by atoms with Gasteiger partial charge in [0, 0.05) is 19.0 Å². The van der Waals surface area contributed by atoms with Gasteiger partial charge in [-0.15, -0.1) is 0 Å². The first-order chi connectivity index (χ1) is 10.2. The van der Waals surface area contributed by atoms with Crippen LogP contribution in [0.1, 0.15) is 16.8 Å². The van der Waals surface area contributed by atoms with E-state index in [2.05, 4.69) is 17.3 Å². The molecule has 1 aliphatic heterocycles. The Balaban J connectivity index is 1.78. The van der Waals surface area contributed by atoms with Crippen LogP contribution in [0.4, 0.5) is 0 Å². The van der Waals surface area contributed by atoms with Crippen LogP contribution in [-0.2, 0) is 4.74 Å². The van der Waals surface area contributed by atoms with E-state index in [9.17, 15) is 4.79 Å². The monoisotopic (exact) mass is 288 g/mol. The topological polar surface area (TPSA) is 54.7 Å². The summed E-state index contributed by atoms with van der Waals surface area (Å²) in [5.41, 5.74) is 1.21. The van der Waals surface area contributed by atoms with Gasteiger partial charge in [-0.1, -0.05) is 12.1 Å². The van der Waals surface area contributed by atoms with Crippen molar-refractivity contribution in [2.24, 2.45) is 0 Å². The Morgan fingerprint density at radius 1 is 1.43 bits per heavy atom. The third kappa shape index (κ3) is 2.80. The fraction of sp³-hybridized carbons (Fsp3) is 0.438. The first-order valence-corrected chi connectivity index (χ1v) is 7.17. The Labute approximate surface area is 123 Å². The summed E-state index contributed by atoms with van der Waals surface area (Å²) in [6, 6.07) is 7.49.